The SMILES string of the molecule is CC(C)(C)OC(=O)N1CCC(O)(Cn2nnc(CO)c2CO)CC1. The molecule has 1 saturated heterocycles. The average Bonchev–Trinajstić information content (AvgIpc) is 2.87. The second-order valence-electron chi connectivity index (χ2n) is 7.15. The Bertz CT molecular complexity index is 573. The molecule has 0 unspecified atom stereocenters. The molecule has 1 aromatic heterocycles. The number of likely N-dealkylation sites (tertiary alicyclic amines) is 1. The first-order valence-electron chi connectivity index (χ1n) is 8.01. The molecule has 0 bridgehead atoms. The summed E-state index contributed by atoms with van der Waals surface area (Å²) in [6.45, 7) is 5.70. The Hall–Kier alpha value is -1.71. The van der Waals surface area contributed by atoms with Crippen LogP contribution in [0.2, 0.25) is 0 Å². The van der Waals surface area contributed by atoms with Gasteiger partial charge in [-0.05, 0) is 33.6 Å². The van der Waals surface area contributed by atoms with E-state index in [0.717, 1.165) is 0 Å². The molecule has 0 radical (unpaired) electrons. The van der Waals surface area contributed by atoms with Crippen LogP contribution in [0.5, 0.6) is 0 Å². The number of aliphatic hydroxyl groups is 3. The minimum Gasteiger partial charge on any atom is -0.444 e. The Morgan fingerprint density at radius 1 is 1.25 bits per heavy atom. The number of amides is 1. The summed E-state index contributed by atoms with van der Waals surface area (Å²) in [6.07, 6.45) is 0.348. The highest BCUT2D eigenvalue weighted by Crippen LogP contribution is 2.26. The molecule has 9 heteroatoms. The van der Waals surface area contributed by atoms with E-state index in [1.165, 1.54) is 4.68 Å². The molecule has 1 fully saturated rings. The summed E-state index contributed by atoms with van der Waals surface area (Å²) in [6, 6.07) is 0. The molecule has 1 amide bonds. The van der Waals surface area contributed by atoms with E-state index >= 15 is 0 Å². The van der Waals surface area contributed by atoms with Gasteiger partial charge in [0.05, 0.1) is 31.1 Å². The van der Waals surface area contributed by atoms with E-state index in [0.29, 0.717) is 37.3 Å². The Labute approximate surface area is 140 Å². The highest BCUT2D eigenvalue weighted by molar-refractivity contribution is 5.68. The number of aliphatic hydroxyl groups excluding tert-OH is 2. The molecule has 1 aliphatic heterocycles. The standard InChI is InChI=1S/C15H26N4O5/c1-14(2,3)24-13(22)18-6-4-15(23,5-7-18)10-19-12(9-21)11(8-20)16-17-19/h20-21,23H,4-10H2,1-3H3. The van der Waals surface area contributed by atoms with Gasteiger partial charge in [0.1, 0.15) is 11.3 Å². The average molecular weight is 342 g/mol. The fourth-order valence-electron chi connectivity index (χ4n) is 2.66. The van der Waals surface area contributed by atoms with Crippen LogP contribution in [0, 0.1) is 0 Å². The topological polar surface area (TPSA) is 121 Å². The third-order valence-corrected chi connectivity index (χ3v) is 4.01. The highest BCUT2D eigenvalue weighted by Gasteiger charge is 2.36. The summed E-state index contributed by atoms with van der Waals surface area (Å²) < 4.78 is 6.75. The van der Waals surface area contributed by atoms with Gasteiger partial charge in [0.15, 0.2) is 0 Å². The number of hydrogen-bond acceptors (Lipinski definition) is 7. The van der Waals surface area contributed by atoms with E-state index in [2.05, 4.69) is 10.3 Å². The Morgan fingerprint density at radius 3 is 2.38 bits per heavy atom. The molecule has 3 N–H and O–H groups in total. The number of ether oxygens (including phenoxy) is 1. The first-order valence-corrected chi connectivity index (χ1v) is 8.01. The van der Waals surface area contributed by atoms with Crippen LogP contribution in [0.25, 0.3) is 0 Å². The molecule has 24 heavy (non-hydrogen) atoms. The summed E-state index contributed by atoms with van der Waals surface area (Å²) in [5, 5.41) is 37.0. The van der Waals surface area contributed by atoms with Gasteiger partial charge in [-0.1, -0.05) is 5.21 Å². The summed E-state index contributed by atoms with van der Waals surface area (Å²) in [5.41, 5.74) is -0.918. The first-order chi connectivity index (χ1) is 11.2. The number of piperidine rings is 1. The zero-order valence-electron chi connectivity index (χ0n) is 14.4. The van der Waals surface area contributed by atoms with Crippen LogP contribution in [0.4, 0.5) is 4.79 Å². The smallest absolute Gasteiger partial charge is 0.410 e. The Morgan fingerprint density at radius 2 is 1.88 bits per heavy atom. The minimum absolute atomic E-state index is 0.151. The number of carbonyl (C=O) groups is 1. The molecule has 0 aliphatic carbocycles. The van der Waals surface area contributed by atoms with Crippen molar-refractivity contribution in [2.45, 2.75) is 64.6 Å². The number of carbonyl (C=O) groups excluding carboxylic acids is 1. The van der Waals surface area contributed by atoms with Gasteiger partial charge in [-0.2, -0.15) is 0 Å². The summed E-state index contributed by atoms with van der Waals surface area (Å²) in [7, 11) is 0. The lowest BCUT2D eigenvalue weighted by atomic mass is 9.91. The normalized spacial score (nSPS) is 17.8. The van der Waals surface area contributed by atoms with Crippen LogP contribution in [0.1, 0.15) is 45.0 Å². The fraction of sp³-hybridized carbons (Fsp3) is 0.800. The van der Waals surface area contributed by atoms with Crippen LogP contribution < -0.4 is 0 Å². The van der Waals surface area contributed by atoms with Crippen molar-refractivity contribution in [3.63, 3.8) is 0 Å². The van der Waals surface area contributed by atoms with Crippen LogP contribution >= 0.6 is 0 Å². The number of rotatable bonds is 4. The van der Waals surface area contributed by atoms with Crippen molar-refractivity contribution in [3.05, 3.63) is 11.4 Å². The quantitative estimate of drug-likeness (QED) is 0.705. The predicted molar refractivity (Wildman–Crippen MR) is 83.9 cm³/mol. The van der Waals surface area contributed by atoms with Gasteiger partial charge < -0.3 is 25.0 Å². The molecule has 0 spiro atoms. The molecule has 0 atom stereocenters. The third-order valence-electron chi connectivity index (χ3n) is 4.01. The molecule has 0 aromatic carbocycles. The molecule has 2 rings (SSSR count). The van der Waals surface area contributed by atoms with Gasteiger partial charge in [0.25, 0.3) is 0 Å². The van der Waals surface area contributed by atoms with E-state index in [1.54, 1.807) is 4.90 Å². The van der Waals surface area contributed by atoms with Crippen molar-refractivity contribution in [1.82, 2.24) is 19.9 Å². The lowest BCUT2D eigenvalue weighted by Crippen LogP contribution is -2.50. The molecule has 9 nitrogen and oxygen atoms in total. The van der Waals surface area contributed by atoms with Gasteiger partial charge in [-0.25, -0.2) is 9.48 Å². The lowest BCUT2D eigenvalue weighted by Gasteiger charge is -2.38. The monoisotopic (exact) mass is 342 g/mol. The van der Waals surface area contributed by atoms with E-state index in [-0.39, 0.29) is 25.9 Å². The molecule has 1 aliphatic rings. The summed E-state index contributed by atoms with van der Waals surface area (Å²) in [4.78, 5) is 13.6. The van der Waals surface area contributed by atoms with Crippen LogP contribution in [0.3, 0.4) is 0 Å². The van der Waals surface area contributed by atoms with Gasteiger partial charge in [-0.3, -0.25) is 0 Å². The molecular formula is C15H26N4O5. The molecule has 1 aromatic rings. The zero-order valence-corrected chi connectivity index (χ0v) is 14.4. The number of hydrogen-bond donors (Lipinski definition) is 3. The maximum absolute atomic E-state index is 12.1. The zero-order chi connectivity index (χ0) is 18.0. The van der Waals surface area contributed by atoms with Crippen molar-refractivity contribution in [1.29, 1.82) is 0 Å². The number of aromatic nitrogens is 3. The first kappa shape index (κ1) is 18.6. The van der Waals surface area contributed by atoms with Crippen molar-refractivity contribution in [2.24, 2.45) is 0 Å². The van der Waals surface area contributed by atoms with Crippen LogP contribution in [0.15, 0.2) is 0 Å². The van der Waals surface area contributed by atoms with Gasteiger partial charge in [0.2, 0.25) is 0 Å². The Balaban J connectivity index is 1.97. The summed E-state index contributed by atoms with van der Waals surface area (Å²) in [5.74, 6) is 0. The van der Waals surface area contributed by atoms with E-state index in [1.807, 2.05) is 20.8 Å². The molecular weight excluding hydrogens is 316 g/mol. The molecule has 136 valence electrons. The van der Waals surface area contributed by atoms with Crippen molar-refractivity contribution >= 4 is 6.09 Å². The van der Waals surface area contributed by atoms with E-state index in [9.17, 15) is 20.1 Å². The maximum atomic E-state index is 12.1. The van der Waals surface area contributed by atoms with Crippen LogP contribution in [-0.4, -0.2) is 65.6 Å². The second kappa shape index (κ2) is 7.04. The molecule has 2 heterocycles. The van der Waals surface area contributed by atoms with Crippen LogP contribution in [-0.2, 0) is 24.5 Å². The van der Waals surface area contributed by atoms with Crippen molar-refractivity contribution in [3.8, 4) is 0 Å². The van der Waals surface area contributed by atoms with Gasteiger partial charge in [-0.15, -0.1) is 5.10 Å². The summed E-state index contributed by atoms with van der Waals surface area (Å²) >= 11 is 0. The Kier molecular flexibility index (Phi) is 5.46. The highest BCUT2D eigenvalue weighted by atomic mass is 16.6. The molecule has 0 saturated carbocycles. The van der Waals surface area contributed by atoms with E-state index < -0.39 is 11.2 Å². The van der Waals surface area contributed by atoms with Gasteiger partial charge in [0, 0.05) is 13.1 Å². The predicted octanol–water partition coefficient (Wildman–Crippen LogP) is 0.0247. The third kappa shape index (κ3) is 4.43. The largest absolute Gasteiger partial charge is 0.444 e. The second-order valence-corrected chi connectivity index (χ2v) is 7.15. The van der Waals surface area contributed by atoms with Crippen molar-refractivity contribution in [2.75, 3.05) is 13.1 Å². The minimum atomic E-state index is -1.05. The fourth-order valence-corrected chi connectivity index (χ4v) is 2.66. The maximum Gasteiger partial charge on any atom is 0.410 e. The van der Waals surface area contributed by atoms with Crippen molar-refractivity contribution < 1.29 is 24.9 Å². The van der Waals surface area contributed by atoms with E-state index in [4.69, 9.17) is 4.74 Å². The van der Waals surface area contributed by atoms with Gasteiger partial charge >= 0.3 is 6.09 Å². The lowest BCUT2D eigenvalue weighted by molar-refractivity contribution is -0.0442. The number of nitrogens with zero attached hydrogens (tertiary/aromatic N) is 4.